The normalized spacial score (nSPS) is 12.3. The number of aromatic nitrogens is 4. The average molecular weight is 275 g/mol. The van der Waals surface area contributed by atoms with Gasteiger partial charge in [0.2, 0.25) is 0 Å². The highest BCUT2D eigenvalue weighted by atomic mass is 16.1. The molecule has 3 aromatic heterocycles. The van der Waals surface area contributed by atoms with Gasteiger partial charge in [-0.05, 0) is 24.3 Å². The second-order valence-electron chi connectivity index (χ2n) is 4.54. The Morgan fingerprint density at radius 3 is 2.81 bits per heavy atom. The first kappa shape index (κ1) is 11.7. The molecule has 0 atom stereocenters. The van der Waals surface area contributed by atoms with E-state index in [1.165, 1.54) is 6.33 Å². The quantitative estimate of drug-likeness (QED) is 0.772. The number of carbonyl (C=O) groups excluding carboxylic acids is 1. The monoisotopic (exact) mass is 275 g/mol. The number of nitrogens with zero attached hydrogens (tertiary/aromatic N) is 4. The first-order valence-corrected chi connectivity index (χ1v) is 6.37. The molecule has 0 aromatic carbocycles. The summed E-state index contributed by atoms with van der Waals surface area (Å²) in [5.74, 6) is 0.240. The Hall–Kier alpha value is -3.15. The molecule has 100 valence electrons. The fraction of sp³-hybridized carbons (Fsp3) is 0. The lowest BCUT2D eigenvalue weighted by Crippen LogP contribution is -2.14. The first-order chi connectivity index (χ1) is 10.3. The fourth-order valence-electron chi connectivity index (χ4n) is 2.34. The molecule has 0 bridgehead atoms. The van der Waals surface area contributed by atoms with Crippen LogP contribution in [0.15, 0.2) is 43.0 Å². The second kappa shape index (κ2) is 4.45. The van der Waals surface area contributed by atoms with Crippen molar-refractivity contribution in [2.45, 2.75) is 0 Å². The van der Waals surface area contributed by atoms with E-state index in [2.05, 4.69) is 25.3 Å². The SMILES string of the molecule is O=C(Nc1ccccn1)C1=Cc2nccc3ncnc1c23. The molecule has 0 aliphatic heterocycles. The first-order valence-electron chi connectivity index (χ1n) is 6.37. The second-order valence-corrected chi connectivity index (χ2v) is 4.54. The molecule has 4 rings (SSSR count). The third-order valence-corrected chi connectivity index (χ3v) is 3.27. The molecule has 0 saturated carbocycles. The zero-order valence-corrected chi connectivity index (χ0v) is 10.8. The predicted octanol–water partition coefficient (Wildman–Crippen LogP) is 1.91. The molecule has 21 heavy (non-hydrogen) atoms. The van der Waals surface area contributed by atoms with Crippen LogP contribution in [-0.4, -0.2) is 25.8 Å². The Bertz CT molecular complexity index is 884. The van der Waals surface area contributed by atoms with Crippen molar-refractivity contribution in [1.82, 2.24) is 19.9 Å². The van der Waals surface area contributed by atoms with Crippen molar-refractivity contribution < 1.29 is 4.79 Å². The Morgan fingerprint density at radius 2 is 1.95 bits per heavy atom. The van der Waals surface area contributed by atoms with E-state index in [4.69, 9.17) is 0 Å². The van der Waals surface area contributed by atoms with Gasteiger partial charge in [0, 0.05) is 12.4 Å². The Kier molecular flexibility index (Phi) is 2.47. The molecule has 0 saturated heterocycles. The van der Waals surface area contributed by atoms with Crippen LogP contribution in [0.1, 0.15) is 11.4 Å². The topological polar surface area (TPSA) is 80.7 Å². The maximum Gasteiger partial charge on any atom is 0.259 e. The Labute approximate surface area is 119 Å². The van der Waals surface area contributed by atoms with Crippen LogP contribution in [0.5, 0.6) is 0 Å². The molecule has 3 aromatic rings. The molecule has 1 aliphatic carbocycles. The molecule has 1 N–H and O–H groups in total. The standard InChI is InChI=1S/C15H9N5O/c21-15(20-12-3-1-2-5-17-12)9-7-11-13-10(4-6-16-11)18-8-19-14(9)13/h1-8H,(H,17,20,21). The van der Waals surface area contributed by atoms with Crippen LogP contribution in [0.2, 0.25) is 0 Å². The summed E-state index contributed by atoms with van der Waals surface area (Å²) in [7, 11) is 0. The molecule has 0 fully saturated rings. The van der Waals surface area contributed by atoms with Crippen molar-refractivity contribution in [3.8, 4) is 0 Å². The molecule has 1 aliphatic rings. The number of nitrogens with one attached hydrogen (secondary N) is 1. The van der Waals surface area contributed by atoms with Crippen molar-refractivity contribution >= 4 is 34.3 Å². The van der Waals surface area contributed by atoms with Crippen LogP contribution in [-0.2, 0) is 4.79 Å². The largest absolute Gasteiger partial charge is 0.306 e. The molecular weight excluding hydrogens is 266 g/mol. The summed E-state index contributed by atoms with van der Waals surface area (Å²) in [5.41, 5.74) is 2.58. The summed E-state index contributed by atoms with van der Waals surface area (Å²) >= 11 is 0. The number of amides is 1. The average Bonchev–Trinajstić information content (AvgIpc) is 2.90. The number of carbonyl (C=O) groups is 1. The highest BCUT2D eigenvalue weighted by molar-refractivity contribution is 6.33. The molecule has 0 spiro atoms. The van der Waals surface area contributed by atoms with Crippen LogP contribution < -0.4 is 5.32 Å². The van der Waals surface area contributed by atoms with E-state index in [-0.39, 0.29) is 5.91 Å². The van der Waals surface area contributed by atoms with E-state index in [0.717, 1.165) is 10.9 Å². The molecule has 1 amide bonds. The van der Waals surface area contributed by atoms with Gasteiger partial charge in [0.15, 0.2) is 0 Å². The number of rotatable bonds is 2. The van der Waals surface area contributed by atoms with Crippen molar-refractivity contribution in [2.75, 3.05) is 5.32 Å². The van der Waals surface area contributed by atoms with Crippen molar-refractivity contribution in [3.05, 3.63) is 54.4 Å². The lowest BCUT2D eigenvalue weighted by atomic mass is 10.2. The van der Waals surface area contributed by atoms with Gasteiger partial charge in [-0.15, -0.1) is 0 Å². The number of pyridine rings is 2. The zero-order valence-electron chi connectivity index (χ0n) is 10.8. The van der Waals surface area contributed by atoms with Gasteiger partial charge in [0.25, 0.3) is 5.91 Å². The minimum absolute atomic E-state index is 0.258. The van der Waals surface area contributed by atoms with Crippen molar-refractivity contribution in [1.29, 1.82) is 0 Å². The Balaban J connectivity index is 1.75. The smallest absolute Gasteiger partial charge is 0.259 e. The van der Waals surface area contributed by atoms with Gasteiger partial charge < -0.3 is 5.32 Å². The van der Waals surface area contributed by atoms with Gasteiger partial charge in [-0.3, -0.25) is 9.78 Å². The molecule has 3 heterocycles. The summed E-state index contributed by atoms with van der Waals surface area (Å²) in [5, 5.41) is 3.57. The lowest BCUT2D eigenvalue weighted by molar-refractivity contribution is -0.111. The number of hydrogen-bond donors (Lipinski definition) is 1. The maximum atomic E-state index is 12.4. The van der Waals surface area contributed by atoms with Crippen LogP contribution in [0, 0.1) is 0 Å². The van der Waals surface area contributed by atoms with Gasteiger partial charge in [0.05, 0.1) is 27.9 Å². The maximum absolute atomic E-state index is 12.4. The number of anilines is 1. The van der Waals surface area contributed by atoms with Crippen molar-refractivity contribution in [2.24, 2.45) is 0 Å². The summed E-state index contributed by atoms with van der Waals surface area (Å²) in [6, 6.07) is 7.13. The van der Waals surface area contributed by atoms with E-state index in [9.17, 15) is 4.79 Å². The van der Waals surface area contributed by atoms with Crippen LogP contribution >= 0.6 is 0 Å². The molecule has 0 radical (unpaired) electrons. The lowest BCUT2D eigenvalue weighted by Gasteiger charge is -2.05. The predicted molar refractivity (Wildman–Crippen MR) is 78.1 cm³/mol. The Morgan fingerprint density at radius 1 is 1.00 bits per heavy atom. The van der Waals surface area contributed by atoms with E-state index < -0.39 is 0 Å². The highest BCUT2D eigenvalue weighted by Gasteiger charge is 2.24. The van der Waals surface area contributed by atoms with E-state index >= 15 is 0 Å². The van der Waals surface area contributed by atoms with Crippen molar-refractivity contribution in [3.63, 3.8) is 0 Å². The van der Waals surface area contributed by atoms with Crippen LogP contribution in [0.3, 0.4) is 0 Å². The highest BCUT2D eigenvalue weighted by Crippen LogP contribution is 2.33. The third-order valence-electron chi connectivity index (χ3n) is 3.27. The molecule has 6 nitrogen and oxygen atoms in total. The minimum Gasteiger partial charge on any atom is -0.306 e. The molecule has 0 unspecified atom stereocenters. The summed E-state index contributed by atoms with van der Waals surface area (Å²) in [6.45, 7) is 0. The van der Waals surface area contributed by atoms with Gasteiger partial charge in [-0.1, -0.05) is 6.07 Å². The zero-order chi connectivity index (χ0) is 14.2. The van der Waals surface area contributed by atoms with Gasteiger partial charge in [0.1, 0.15) is 12.1 Å². The van der Waals surface area contributed by atoms with Gasteiger partial charge in [-0.25, -0.2) is 15.0 Å². The van der Waals surface area contributed by atoms with Crippen LogP contribution in [0.4, 0.5) is 5.82 Å². The van der Waals surface area contributed by atoms with Gasteiger partial charge in [-0.2, -0.15) is 0 Å². The number of hydrogen-bond acceptors (Lipinski definition) is 5. The minimum atomic E-state index is -0.258. The van der Waals surface area contributed by atoms with Crippen LogP contribution in [0.25, 0.3) is 22.6 Å². The summed E-state index contributed by atoms with van der Waals surface area (Å²) < 4.78 is 0. The van der Waals surface area contributed by atoms with E-state index in [1.807, 2.05) is 6.07 Å². The van der Waals surface area contributed by atoms with E-state index in [0.29, 0.717) is 22.8 Å². The van der Waals surface area contributed by atoms with E-state index in [1.54, 1.807) is 36.7 Å². The molecule has 6 heteroatoms. The van der Waals surface area contributed by atoms with Gasteiger partial charge >= 0.3 is 0 Å². The summed E-state index contributed by atoms with van der Waals surface area (Å²) in [6.07, 6.45) is 6.47. The summed E-state index contributed by atoms with van der Waals surface area (Å²) in [4.78, 5) is 29.2. The molecular formula is C15H9N5O. The fourth-order valence-corrected chi connectivity index (χ4v) is 2.34. The third kappa shape index (κ3) is 1.85.